The summed E-state index contributed by atoms with van der Waals surface area (Å²) in [5.41, 5.74) is 0.765. The van der Waals surface area contributed by atoms with Gasteiger partial charge in [0.2, 0.25) is 5.78 Å². The first-order chi connectivity index (χ1) is 12.7. The second-order valence-electron chi connectivity index (χ2n) is 5.92. The Labute approximate surface area is 156 Å². The van der Waals surface area contributed by atoms with E-state index in [4.69, 9.17) is 20.5 Å². The summed E-state index contributed by atoms with van der Waals surface area (Å²) in [6, 6.07) is 10.6. The van der Waals surface area contributed by atoms with Crippen molar-refractivity contribution in [2.75, 3.05) is 0 Å². The van der Waals surface area contributed by atoms with E-state index in [-0.39, 0.29) is 11.7 Å². The molecule has 0 fully saturated rings. The number of hydrogen-bond acceptors (Lipinski definition) is 5. The van der Waals surface area contributed by atoms with Crippen LogP contribution in [0.4, 0.5) is 0 Å². The van der Waals surface area contributed by atoms with Crippen LogP contribution in [0.2, 0.25) is 5.02 Å². The van der Waals surface area contributed by atoms with E-state index in [9.17, 15) is 4.79 Å². The monoisotopic (exact) mass is 370 g/mol. The lowest BCUT2D eigenvalue weighted by Crippen LogP contribution is -2.00. The first-order valence-electron chi connectivity index (χ1n) is 8.53. The molecule has 3 aromatic rings. The van der Waals surface area contributed by atoms with Crippen LogP contribution in [0.3, 0.4) is 0 Å². The number of halogens is 1. The summed E-state index contributed by atoms with van der Waals surface area (Å²) >= 11 is 6.02. The SMILES string of the molecule is CCCCC(/C=C\C(=O)c1ccco1)c1noc(-c2cccc(Cl)c2)n1. The normalized spacial score (nSPS) is 12.5. The molecule has 0 amide bonds. The molecule has 0 N–H and O–H groups in total. The van der Waals surface area contributed by atoms with Crippen LogP contribution in [0.25, 0.3) is 11.5 Å². The van der Waals surface area contributed by atoms with Gasteiger partial charge in [0.25, 0.3) is 5.89 Å². The van der Waals surface area contributed by atoms with Crippen LogP contribution in [0.1, 0.15) is 48.5 Å². The molecule has 0 aliphatic heterocycles. The van der Waals surface area contributed by atoms with Crippen molar-refractivity contribution in [2.24, 2.45) is 0 Å². The molecule has 0 spiro atoms. The third-order valence-corrected chi connectivity index (χ3v) is 4.19. The zero-order valence-corrected chi connectivity index (χ0v) is 15.1. The van der Waals surface area contributed by atoms with Gasteiger partial charge in [0.1, 0.15) is 0 Å². The molecule has 2 heterocycles. The topological polar surface area (TPSA) is 69.1 Å². The number of rotatable bonds is 8. The maximum atomic E-state index is 12.1. The lowest BCUT2D eigenvalue weighted by atomic mass is 10.00. The standard InChI is InChI=1S/C20H19ClN2O3/c1-2-3-6-14(10-11-17(24)18-9-5-12-25-18)19-22-20(26-23-19)15-7-4-8-16(21)13-15/h4-5,7-14H,2-3,6H2,1H3/b11-10-. The zero-order valence-electron chi connectivity index (χ0n) is 14.4. The van der Waals surface area contributed by atoms with Gasteiger partial charge in [0.05, 0.1) is 6.26 Å². The van der Waals surface area contributed by atoms with Gasteiger partial charge in [0.15, 0.2) is 11.6 Å². The number of ketones is 1. The van der Waals surface area contributed by atoms with Crippen molar-refractivity contribution in [1.29, 1.82) is 0 Å². The molecule has 134 valence electrons. The first-order valence-corrected chi connectivity index (χ1v) is 8.90. The Hall–Kier alpha value is -2.66. The van der Waals surface area contributed by atoms with Gasteiger partial charge in [-0.3, -0.25) is 4.79 Å². The summed E-state index contributed by atoms with van der Waals surface area (Å²) in [6.45, 7) is 2.11. The molecule has 5 nitrogen and oxygen atoms in total. The van der Waals surface area contributed by atoms with Gasteiger partial charge in [-0.05, 0) is 42.8 Å². The Bertz CT molecular complexity index is 884. The predicted molar refractivity (Wildman–Crippen MR) is 99.2 cm³/mol. The maximum absolute atomic E-state index is 12.1. The minimum atomic E-state index is -0.185. The highest BCUT2D eigenvalue weighted by Gasteiger charge is 2.17. The lowest BCUT2D eigenvalue weighted by molar-refractivity contribution is 0.102. The number of aromatic nitrogens is 2. The zero-order chi connectivity index (χ0) is 18.4. The fourth-order valence-electron chi connectivity index (χ4n) is 2.56. The molecule has 0 radical (unpaired) electrons. The van der Waals surface area contributed by atoms with Crippen molar-refractivity contribution in [1.82, 2.24) is 10.1 Å². The molecule has 1 atom stereocenters. The van der Waals surface area contributed by atoms with E-state index in [0.29, 0.717) is 22.5 Å². The van der Waals surface area contributed by atoms with Crippen LogP contribution in [-0.2, 0) is 0 Å². The Balaban J connectivity index is 1.80. The average molecular weight is 371 g/mol. The molecule has 26 heavy (non-hydrogen) atoms. The number of allylic oxidation sites excluding steroid dienone is 2. The molecular formula is C20H19ClN2O3. The van der Waals surface area contributed by atoms with E-state index in [0.717, 1.165) is 24.8 Å². The summed E-state index contributed by atoms with van der Waals surface area (Å²) in [6.07, 6.45) is 7.65. The third kappa shape index (κ3) is 4.49. The number of unbranched alkanes of at least 4 members (excludes halogenated alkanes) is 1. The number of hydrogen-bond donors (Lipinski definition) is 0. The Morgan fingerprint density at radius 1 is 1.31 bits per heavy atom. The minimum Gasteiger partial charge on any atom is -0.461 e. The van der Waals surface area contributed by atoms with Crippen LogP contribution in [-0.4, -0.2) is 15.9 Å². The van der Waals surface area contributed by atoms with Crippen molar-refractivity contribution >= 4 is 17.4 Å². The average Bonchev–Trinajstić information content (AvgIpc) is 3.33. The van der Waals surface area contributed by atoms with Crippen molar-refractivity contribution < 1.29 is 13.7 Å². The largest absolute Gasteiger partial charge is 0.461 e. The van der Waals surface area contributed by atoms with Crippen molar-refractivity contribution in [3.05, 3.63) is 71.4 Å². The van der Waals surface area contributed by atoms with E-state index in [1.165, 1.54) is 12.3 Å². The van der Waals surface area contributed by atoms with Crippen LogP contribution < -0.4 is 0 Å². The molecule has 0 aliphatic rings. The fourth-order valence-corrected chi connectivity index (χ4v) is 2.75. The van der Waals surface area contributed by atoms with E-state index in [2.05, 4.69) is 17.1 Å². The van der Waals surface area contributed by atoms with Gasteiger partial charge >= 0.3 is 0 Å². The Morgan fingerprint density at radius 3 is 2.92 bits per heavy atom. The van der Waals surface area contributed by atoms with Crippen LogP contribution >= 0.6 is 11.6 Å². The van der Waals surface area contributed by atoms with E-state index in [1.54, 1.807) is 24.3 Å². The summed E-state index contributed by atoms with van der Waals surface area (Å²) in [5, 5.41) is 4.71. The molecule has 1 unspecified atom stereocenters. The maximum Gasteiger partial charge on any atom is 0.257 e. The number of nitrogens with zero attached hydrogens (tertiary/aromatic N) is 2. The van der Waals surface area contributed by atoms with E-state index >= 15 is 0 Å². The molecular weight excluding hydrogens is 352 g/mol. The van der Waals surface area contributed by atoms with Crippen molar-refractivity contribution in [3.8, 4) is 11.5 Å². The number of carbonyl (C=O) groups excluding carboxylic acids is 1. The number of furan rings is 1. The smallest absolute Gasteiger partial charge is 0.257 e. The first kappa shape index (κ1) is 18.1. The summed E-state index contributed by atoms with van der Waals surface area (Å²) in [4.78, 5) is 16.6. The number of benzene rings is 1. The molecule has 0 saturated heterocycles. The van der Waals surface area contributed by atoms with Gasteiger partial charge in [-0.25, -0.2) is 0 Å². The van der Waals surface area contributed by atoms with Crippen molar-refractivity contribution in [2.45, 2.75) is 32.1 Å². The highest BCUT2D eigenvalue weighted by atomic mass is 35.5. The molecule has 2 aromatic heterocycles. The van der Waals surface area contributed by atoms with Gasteiger partial charge in [-0.2, -0.15) is 4.98 Å². The van der Waals surface area contributed by atoms with Gasteiger partial charge in [0, 0.05) is 16.5 Å². The van der Waals surface area contributed by atoms with Crippen LogP contribution in [0.15, 0.2) is 63.8 Å². The second-order valence-corrected chi connectivity index (χ2v) is 6.35. The van der Waals surface area contributed by atoms with E-state index in [1.807, 2.05) is 18.2 Å². The molecule has 0 aliphatic carbocycles. The van der Waals surface area contributed by atoms with Crippen LogP contribution in [0, 0.1) is 0 Å². The van der Waals surface area contributed by atoms with Gasteiger partial charge < -0.3 is 8.94 Å². The number of carbonyl (C=O) groups is 1. The Kier molecular flexibility index (Phi) is 6.02. The molecule has 0 bridgehead atoms. The molecule has 1 aromatic carbocycles. The Morgan fingerprint density at radius 2 is 2.19 bits per heavy atom. The van der Waals surface area contributed by atoms with Gasteiger partial charge in [-0.15, -0.1) is 0 Å². The fraction of sp³-hybridized carbons (Fsp3) is 0.250. The van der Waals surface area contributed by atoms with Crippen molar-refractivity contribution in [3.63, 3.8) is 0 Å². The molecule has 0 saturated carbocycles. The molecule has 3 rings (SSSR count). The highest BCUT2D eigenvalue weighted by molar-refractivity contribution is 6.30. The van der Waals surface area contributed by atoms with E-state index < -0.39 is 0 Å². The summed E-state index contributed by atoms with van der Waals surface area (Å²) < 4.78 is 10.5. The molecule has 6 heteroatoms. The van der Waals surface area contributed by atoms with Gasteiger partial charge in [-0.1, -0.05) is 48.7 Å². The minimum absolute atomic E-state index is 0.106. The highest BCUT2D eigenvalue weighted by Crippen LogP contribution is 2.26. The predicted octanol–water partition coefficient (Wildman–Crippen LogP) is 5.70. The van der Waals surface area contributed by atoms with Crippen LogP contribution in [0.5, 0.6) is 0 Å². The lowest BCUT2D eigenvalue weighted by Gasteiger charge is -2.06. The summed E-state index contributed by atoms with van der Waals surface area (Å²) in [7, 11) is 0. The summed E-state index contributed by atoms with van der Waals surface area (Å²) in [5.74, 6) is 0.982. The quantitative estimate of drug-likeness (QED) is 0.376. The third-order valence-electron chi connectivity index (χ3n) is 3.96. The second kappa shape index (κ2) is 8.63.